The summed E-state index contributed by atoms with van der Waals surface area (Å²) in [4.78, 5) is 12.2. The van der Waals surface area contributed by atoms with Gasteiger partial charge in [0.05, 0.1) is 0 Å². The van der Waals surface area contributed by atoms with Gasteiger partial charge in [0.2, 0.25) is 0 Å². The van der Waals surface area contributed by atoms with Crippen LogP contribution in [0, 0.1) is 0 Å². The number of benzene rings is 1. The maximum atomic E-state index is 12.2. The minimum absolute atomic E-state index is 0.122. The van der Waals surface area contributed by atoms with Gasteiger partial charge in [0.1, 0.15) is 11.6 Å². The fraction of sp³-hybridized carbons (Fsp3) is 0.562. The molecule has 1 saturated carbocycles. The molecule has 0 unspecified atom stereocenters. The Morgan fingerprint density at radius 1 is 1.30 bits per heavy atom. The molecule has 0 amide bonds. The molecule has 2 rings (SSSR count). The molecule has 110 valence electrons. The van der Waals surface area contributed by atoms with Crippen molar-refractivity contribution in [1.82, 2.24) is 5.32 Å². The third kappa shape index (κ3) is 4.32. The summed E-state index contributed by atoms with van der Waals surface area (Å²) < 4.78 is 6.63. The molecule has 3 nitrogen and oxygen atoms in total. The van der Waals surface area contributed by atoms with Gasteiger partial charge in [0, 0.05) is 11.0 Å². The number of rotatable bonds is 5. The maximum Gasteiger partial charge on any atom is 0.326 e. The van der Waals surface area contributed by atoms with Crippen molar-refractivity contribution in [3.8, 4) is 0 Å². The molecule has 0 saturated heterocycles. The van der Waals surface area contributed by atoms with Crippen molar-refractivity contribution in [2.24, 2.45) is 0 Å². The van der Waals surface area contributed by atoms with Crippen LogP contribution >= 0.6 is 15.9 Å². The molecule has 0 aromatic heterocycles. The first-order valence-corrected chi connectivity index (χ1v) is 7.97. The molecule has 4 heteroatoms. The van der Waals surface area contributed by atoms with E-state index in [1.165, 1.54) is 12.8 Å². The average molecular weight is 340 g/mol. The molecule has 1 aromatic carbocycles. The molecule has 0 atom stereocenters. The minimum Gasteiger partial charge on any atom is -0.461 e. The molecular formula is C16H22BrNO2. The summed E-state index contributed by atoms with van der Waals surface area (Å²) in [5.74, 6) is -0.151. The van der Waals surface area contributed by atoms with Crippen LogP contribution in [0.15, 0.2) is 28.7 Å². The van der Waals surface area contributed by atoms with E-state index in [-0.39, 0.29) is 12.1 Å². The number of esters is 1. The van der Waals surface area contributed by atoms with Gasteiger partial charge in [-0.1, -0.05) is 28.1 Å². The first-order chi connectivity index (χ1) is 9.47. The van der Waals surface area contributed by atoms with Crippen molar-refractivity contribution in [3.05, 3.63) is 34.3 Å². The van der Waals surface area contributed by atoms with Gasteiger partial charge in [-0.3, -0.25) is 10.1 Å². The van der Waals surface area contributed by atoms with Crippen LogP contribution in [0.5, 0.6) is 0 Å². The quantitative estimate of drug-likeness (QED) is 0.829. The molecule has 1 N–H and O–H groups in total. The highest BCUT2D eigenvalue weighted by molar-refractivity contribution is 9.10. The second-order valence-electron chi connectivity index (χ2n) is 5.92. The van der Waals surface area contributed by atoms with Crippen LogP contribution in [0.25, 0.3) is 0 Å². The normalized spacial score (nSPS) is 16.4. The highest BCUT2D eigenvalue weighted by atomic mass is 79.9. The second-order valence-corrected chi connectivity index (χ2v) is 6.83. The first kappa shape index (κ1) is 15.5. The molecule has 20 heavy (non-hydrogen) atoms. The monoisotopic (exact) mass is 339 g/mol. The second kappa shape index (κ2) is 6.72. The van der Waals surface area contributed by atoms with Crippen LogP contribution in [0.1, 0.15) is 45.1 Å². The Balaban J connectivity index is 1.85. The number of ether oxygens (including phenoxy) is 1. The molecule has 1 aliphatic rings. The number of hydrogen-bond acceptors (Lipinski definition) is 3. The Kier molecular flexibility index (Phi) is 5.22. The fourth-order valence-electron chi connectivity index (χ4n) is 2.30. The highest BCUT2D eigenvalue weighted by Gasteiger charge is 2.31. The van der Waals surface area contributed by atoms with Crippen LogP contribution in [-0.4, -0.2) is 17.6 Å². The lowest BCUT2D eigenvalue weighted by Crippen LogP contribution is -2.48. The number of carbonyl (C=O) groups is 1. The van der Waals surface area contributed by atoms with E-state index in [2.05, 4.69) is 21.2 Å². The van der Waals surface area contributed by atoms with E-state index in [4.69, 9.17) is 4.74 Å². The van der Waals surface area contributed by atoms with Crippen molar-refractivity contribution in [3.63, 3.8) is 0 Å². The summed E-state index contributed by atoms with van der Waals surface area (Å²) in [5, 5.41) is 3.28. The molecule has 0 aliphatic heterocycles. The van der Waals surface area contributed by atoms with Crippen LogP contribution in [0.4, 0.5) is 0 Å². The Hall–Kier alpha value is -0.870. The average Bonchev–Trinajstić information content (AvgIpc) is 2.91. The van der Waals surface area contributed by atoms with Gasteiger partial charge < -0.3 is 4.74 Å². The van der Waals surface area contributed by atoms with E-state index >= 15 is 0 Å². The van der Waals surface area contributed by atoms with E-state index in [0.717, 1.165) is 22.9 Å². The SMILES string of the molecule is CC(C)(NCc1ccc(Br)cc1)C(=O)OC1CCCC1. The van der Waals surface area contributed by atoms with Gasteiger partial charge in [-0.2, -0.15) is 0 Å². The Bertz CT molecular complexity index is 450. The lowest BCUT2D eigenvalue weighted by atomic mass is 10.1. The molecule has 0 radical (unpaired) electrons. The van der Waals surface area contributed by atoms with E-state index < -0.39 is 5.54 Å². The van der Waals surface area contributed by atoms with Gasteiger partial charge in [-0.05, 0) is 57.2 Å². The third-order valence-corrected chi connectivity index (χ3v) is 4.26. The summed E-state index contributed by atoms with van der Waals surface area (Å²) >= 11 is 3.41. The summed E-state index contributed by atoms with van der Waals surface area (Å²) in [7, 11) is 0. The van der Waals surface area contributed by atoms with Gasteiger partial charge in [0.15, 0.2) is 0 Å². The van der Waals surface area contributed by atoms with Gasteiger partial charge >= 0.3 is 5.97 Å². The smallest absolute Gasteiger partial charge is 0.326 e. The minimum atomic E-state index is -0.657. The van der Waals surface area contributed by atoms with Crippen LogP contribution in [-0.2, 0) is 16.1 Å². The molecule has 1 aliphatic carbocycles. The zero-order valence-electron chi connectivity index (χ0n) is 12.1. The molecule has 0 bridgehead atoms. The molecule has 1 aromatic rings. The third-order valence-electron chi connectivity index (χ3n) is 3.73. The van der Waals surface area contributed by atoms with E-state index in [1.54, 1.807) is 0 Å². The lowest BCUT2D eigenvalue weighted by Gasteiger charge is -2.26. The number of carbonyl (C=O) groups excluding carboxylic acids is 1. The number of halogens is 1. The van der Waals surface area contributed by atoms with Crippen molar-refractivity contribution >= 4 is 21.9 Å². The zero-order chi connectivity index (χ0) is 14.6. The van der Waals surface area contributed by atoms with Crippen LogP contribution in [0.2, 0.25) is 0 Å². The van der Waals surface area contributed by atoms with Gasteiger partial charge in [0.25, 0.3) is 0 Å². The molecule has 0 spiro atoms. The summed E-state index contributed by atoms with van der Waals surface area (Å²) in [6, 6.07) is 8.08. The molecular weight excluding hydrogens is 318 g/mol. The van der Waals surface area contributed by atoms with Gasteiger partial charge in [-0.25, -0.2) is 0 Å². The van der Waals surface area contributed by atoms with Crippen molar-refractivity contribution in [1.29, 1.82) is 0 Å². The van der Waals surface area contributed by atoms with E-state index in [9.17, 15) is 4.79 Å². The van der Waals surface area contributed by atoms with Gasteiger partial charge in [-0.15, -0.1) is 0 Å². The zero-order valence-corrected chi connectivity index (χ0v) is 13.7. The van der Waals surface area contributed by atoms with Crippen molar-refractivity contribution in [2.45, 2.75) is 57.7 Å². The van der Waals surface area contributed by atoms with Crippen LogP contribution in [0.3, 0.4) is 0 Å². The van der Waals surface area contributed by atoms with Crippen molar-refractivity contribution < 1.29 is 9.53 Å². The standard InChI is InChI=1S/C16H22BrNO2/c1-16(2,15(19)20-14-5-3-4-6-14)18-11-12-7-9-13(17)10-8-12/h7-10,14,18H,3-6,11H2,1-2H3. The fourth-order valence-corrected chi connectivity index (χ4v) is 2.57. The largest absolute Gasteiger partial charge is 0.461 e. The van der Waals surface area contributed by atoms with E-state index in [1.807, 2.05) is 38.1 Å². The predicted molar refractivity (Wildman–Crippen MR) is 83.4 cm³/mol. The maximum absolute atomic E-state index is 12.2. The van der Waals surface area contributed by atoms with E-state index in [0.29, 0.717) is 6.54 Å². The Morgan fingerprint density at radius 3 is 2.50 bits per heavy atom. The Morgan fingerprint density at radius 2 is 1.90 bits per heavy atom. The summed E-state index contributed by atoms with van der Waals surface area (Å²) in [6.07, 6.45) is 4.48. The number of nitrogens with one attached hydrogen (secondary N) is 1. The number of hydrogen-bond donors (Lipinski definition) is 1. The lowest BCUT2D eigenvalue weighted by molar-refractivity contribution is -0.155. The molecule has 0 heterocycles. The first-order valence-electron chi connectivity index (χ1n) is 7.18. The summed E-state index contributed by atoms with van der Waals surface area (Å²) in [5.41, 5.74) is 0.491. The van der Waals surface area contributed by atoms with Crippen molar-refractivity contribution in [2.75, 3.05) is 0 Å². The summed E-state index contributed by atoms with van der Waals surface area (Å²) in [6.45, 7) is 4.41. The molecule has 1 fully saturated rings. The topological polar surface area (TPSA) is 38.3 Å². The highest BCUT2D eigenvalue weighted by Crippen LogP contribution is 2.22. The van der Waals surface area contributed by atoms with Crippen LogP contribution < -0.4 is 5.32 Å². The Labute approximate surface area is 129 Å². The predicted octanol–water partition coefficient (Wildman–Crippen LogP) is 3.80.